The van der Waals surface area contributed by atoms with E-state index in [4.69, 9.17) is 11.6 Å². The minimum absolute atomic E-state index is 0.0231. The topological polar surface area (TPSA) is 57.8 Å². The lowest BCUT2D eigenvalue weighted by molar-refractivity contribution is -0.121. The molecule has 4 nitrogen and oxygen atoms in total. The van der Waals surface area contributed by atoms with E-state index in [-0.39, 0.29) is 11.9 Å². The lowest BCUT2D eigenvalue weighted by Crippen LogP contribution is -2.29. The van der Waals surface area contributed by atoms with Gasteiger partial charge in [-0.2, -0.15) is 0 Å². The molecule has 2 N–H and O–H groups in total. The van der Waals surface area contributed by atoms with Gasteiger partial charge >= 0.3 is 0 Å². The Morgan fingerprint density at radius 2 is 2.29 bits per heavy atom. The van der Waals surface area contributed by atoms with Crippen LogP contribution in [0.2, 0.25) is 5.02 Å². The molecular formula is C16H20ClN3O. The number of benzene rings is 1. The van der Waals surface area contributed by atoms with Gasteiger partial charge in [0.25, 0.3) is 0 Å². The molecule has 0 bridgehead atoms. The molecule has 0 aliphatic carbocycles. The lowest BCUT2D eigenvalue weighted by atomic mass is 10.1. The van der Waals surface area contributed by atoms with Crippen molar-refractivity contribution in [1.29, 1.82) is 0 Å². The van der Waals surface area contributed by atoms with Crippen molar-refractivity contribution < 1.29 is 4.79 Å². The summed E-state index contributed by atoms with van der Waals surface area (Å²) in [4.78, 5) is 19.3. The number of carbonyl (C=O) groups is 1. The lowest BCUT2D eigenvalue weighted by Gasteiger charge is -2.14. The number of aryl methyl sites for hydroxylation is 2. The molecule has 0 saturated carbocycles. The molecule has 0 aliphatic heterocycles. The molecule has 1 amide bonds. The number of aromatic amines is 1. The number of H-pyrrole nitrogens is 1. The minimum atomic E-state index is -0.0610. The van der Waals surface area contributed by atoms with Crippen molar-refractivity contribution in [2.75, 3.05) is 0 Å². The van der Waals surface area contributed by atoms with Gasteiger partial charge in [0.1, 0.15) is 5.82 Å². The van der Waals surface area contributed by atoms with Crippen LogP contribution in [0.3, 0.4) is 0 Å². The third-order valence-electron chi connectivity index (χ3n) is 3.47. The molecule has 2 aromatic rings. The van der Waals surface area contributed by atoms with Crippen LogP contribution in [0.15, 0.2) is 30.6 Å². The Morgan fingerprint density at radius 3 is 2.90 bits per heavy atom. The first kappa shape index (κ1) is 15.6. The Bertz CT molecular complexity index is 596. The van der Waals surface area contributed by atoms with Gasteiger partial charge < -0.3 is 10.3 Å². The highest BCUT2D eigenvalue weighted by atomic mass is 35.5. The number of hydrogen-bond acceptors (Lipinski definition) is 2. The third-order valence-corrected chi connectivity index (χ3v) is 3.88. The smallest absolute Gasteiger partial charge is 0.220 e. The molecule has 0 fully saturated rings. The Kier molecular flexibility index (Phi) is 5.39. The number of nitrogens with one attached hydrogen (secondary N) is 2. The molecule has 21 heavy (non-hydrogen) atoms. The molecule has 1 atom stereocenters. The van der Waals surface area contributed by atoms with E-state index in [0.717, 1.165) is 28.4 Å². The Hall–Kier alpha value is -1.81. The van der Waals surface area contributed by atoms with Gasteiger partial charge in [-0.1, -0.05) is 30.7 Å². The number of carbonyl (C=O) groups excluding carboxylic acids is 1. The number of imidazole rings is 1. The molecule has 1 aromatic carbocycles. The fourth-order valence-electron chi connectivity index (χ4n) is 2.15. The zero-order valence-corrected chi connectivity index (χ0v) is 13.1. The van der Waals surface area contributed by atoms with E-state index in [1.54, 1.807) is 12.4 Å². The van der Waals surface area contributed by atoms with Crippen LogP contribution < -0.4 is 5.32 Å². The minimum Gasteiger partial charge on any atom is -0.347 e. The van der Waals surface area contributed by atoms with Crippen LogP contribution in [0.25, 0.3) is 0 Å². The monoisotopic (exact) mass is 305 g/mol. The number of hydrogen-bond donors (Lipinski definition) is 2. The molecule has 1 aromatic heterocycles. The van der Waals surface area contributed by atoms with Gasteiger partial charge in [0.05, 0.1) is 6.04 Å². The van der Waals surface area contributed by atoms with E-state index in [9.17, 15) is 4.79 Å². The van der Waals surface area contributed by atoms with Crippen LogP contribution in [0.5, 0.6) is 0 Å². The fourth-order valence-corrected chi connectivity index (χ4v) is 2.35. The second-order valence-corrected chi connectivity index (χ2v) is 5.49. The van der Waals surface area contributed by atoms with Crippen molar-refractivity contribution >= 4 is 17.5 Å². The molecule has 112 valence electrons. The largest absolute Gasteiger partial charge is 0.347 e. The van der Waals surface area contributed by atoms with Crippen LogP contribution in [0, 0.1) is 6.92 Å². The van der Waals surface area contributed by atoms with Gasteiger partial charge in [-0.15, -0.1) is 0 Å². The first-order chi connectivity index (χ1) is 10.1. The van der Waals surface area contributed by atoms with Crippen molar-refractivity contribution in [3.8, 4) is 0 Å². The fraction of sp³-hybridized carbons (Fsp3) is 0.375. The van der Waals surface area contributed by atoms with Gasteiger partial charge in [0, 0.05) is 23.8 Å². The Labute approximate surface area is 129 Å². The van der Waals surface area contributed by atoms with Gasteiger partial charge in [0.2, 0.25) is 5.91 Å². The Balaban J connectivity index is 1.88. The number of halogens is 1. The average Bonchev–Trinajstić information content (AvgIpc) is 3.00. The van der Waals surface area contributed by atoms with E-state index in [1.807, 2.05) is 32.0 Å². The van der Waals surface area contributed by atoms with Crippen molar-refractivity contribution in [2.45, 2.75) is 39.2 Å². The molecular weight excluding hydrogens is 286 g/mol. The quantitative estimate of drug-likeness (QED) is 0.857. The summed E-state index contributed by atoms with van der Waals surface area (Å²) in [6.45, 7) is 3.99. The predicted molar refractivity (Wildman–Crippen MR) is 84.3 cm³/mol. The average molecular weight is 306 g/mol. The van der Waals surface area contributed by atoms with E-state index in [2.05, 4.69) is 15.3 Å². The van der Waals surface area contributed by atoms with Gasteiger partial charge in [-0.3, -0.25) is 4.79 Å². The van der Waals surface area contributed by atoms with Gasteiger partial charge in [0.15, 0.2) is 0 Å². The van der Waals surface area contributed by atoms with Crippen molar-refractivity contribution in [3.05, 3.63) is 52.6 Å². The summed E-state index contributed by atoms with van der Waals surface area (Å²) in [7, 11) is 0. The molecule has 0 aliphatic rings. The van der Waals surface area contributed by atoms with Crippen LogP contribution in [-0.2, 0) is 11.2 Å². The van der Waals surface area contributed by atoms with Crippen molar-refractivity contribution in [1.82, 2.24) is 15.3 Å². The molecule has 1 unspecified atom stereocenters. The zero-order chi connectivity index (χ0) is 15.2. The highest BCUT2D eigenvalue weighted by molar-refractivity contribution is 6.31. The molecule has 1 heterocycles. The summed E-state index contributed by atoms with van der Waals surface area (Å²) in [5, 5.41) is 3.74. The molecule has 0 saturated heterocycles. The highest BCUT2D eigenvalue weighted by Gasteiger charge is 2.14. The molecule has 2 rings (SSSR count). The zero-order valence-electron chi connectivity index (χ0n) is 12.3. The molecule has 0 spiro atoms. The number of amides is 1. The number of rotatable bonds is 6. The van der Waals surface area contributed by atoms with Gasteiger partial charge in [-0.25, -0.2) is 4.98 Å². The van der Waals surface area contributed by atoms with E-state index >= 15 is 0 Å². The summed E-state index contributed by atoms with van der Waals surface area (Å²) in [6, 6.07) is 5.86. The van der Waals surface area contributed by atoms with Crippen LogP contribution >= 0.6 is 11.6 Å². The maximum atomic E-state index is 12.0. The van der Waals surface area contributed by atoms with Crippen molar-refractivity contribution in [2.24, 2.45) is 0 Å². The SMILES string of the molecule is CCC(NC(=O)CCc1ccc(C)c(Cl)c1)c1ncc[nH]1. The summed E-state index contributed by atoms with van der Waals surface area (Å²) in [6.07, 6.45) is 5.38. The van der Waals surface area contributed by atoms with Crippen molar-refractivity contribution in [3.63, 3.8) is 0 Å². The first-order valence-corrected chi connectivity index (χ1v) is 7.51. The van der Waals surface area contributed by atoms with Gasteiger partial charge in [-0.05, 0) is 37.0 Å². The summed E-state index contributed by atoms with van der Waals surface area (Å²) in [5.41, 5.74) is 2.13. The highest BCUT2D eigenvalue weighted by Crippen LogP contribution is 2.18. The first-order valence-electron chi connectivity index (χ1n) is 7.13. The third kappa shape index (κ3) is 4.33. The van der Waals surface area contributed by atoms with Crippen LogP contribution in [-0.4, -0.2) is 15.9 Å². The molecule has 0 radical (unpaired) electrons. The predicted octanol–water partition coefficient (Wildman–Crippen LogP) is 3.57. The number of aromatic nitrogens is 2. The second kappa shape index (κ2) is 7.27. The van der Waals surface area contributed by atoms with E-state index in [1.165, 1.54) is 0 Å². The molecule has 5 heteroatoms. The van der Waals surface area contributed by atoms with E-state index < -0.39 is 0 Å². The summed E-state index contributed by atoms with van der Waals surface area (Å²) < 4.78 is 0. The second-order valence-electron chi connectivity index (χ2n) is 5.09. The standard InChI is InChI=1S/C16H20ClN3O/c1-3-14(16-18-8-9-19-16)20-15(21)7-6-12-5-4-11(2)13(17)10-12/h4-5,8-10,14H,3,6-7H2,1-2H3,(H,18,19)(H,20,21). The summed E-state index contributed by atoms with van der Waals surface area (Å²) >= 11 is 6.09. The maximum absolute atomic E-state index is 12.0. The normalized spacial score (nSPS) is 12.1. The van der Waals surface area contributed by atoms with Crippen LogP contribution in [0.1, 0.15) is 42.8 Å². The van der Waals surface area contributed by atoms with E-state index in [0.29, 0.717) is 12.8 Å². The maximum Gasteiger partial charge on any atom is 0.220 e. The summed E-state index contributed by atoms with van der Waals surface area (Å²) in [5.74, 6) is 0.819. The van der Waals surface area contributed by atoms with Crippen LogP contribution in [0.4, 0.5) is 0 Å². The number of nitrogens with zero attached hydrogens (tertiary/aromatic N) is 1. The Morgan fingerprint density at radius 1 is 1.48 bits per heavy atom.